The number of aliphatic carboxylic acids is 1. The minimum absolute atomic E-state index is 0.0251. The molecule has 21 heteroatoms. The number of amides is 2. The first-order valence-electron chi connectivity index (χ1n) is 10.5. The highest BCUT2D eigenvalue weighted by Gasteiger charge is 2.54. The van der Waals surface area contributed by atoms with Crippen LogP contribution in [0.15, 0.2) is 46.8 Å². The van der Waals surface area contributed by atoms with Gasteiger partial charge in [0.2, 0.25) is 5.16 Å². The minimum atomic E-state index is -5.06. The number of nitrogens with one attached hydrogen (secondary N) is 1. The fourth-order valence-electron chi connectivity index (χ4n) is 3.71. The smallest absolute Gasteiger partial charge is 0.398 e. The van der Waals surface area contributed by atoms with Crippen molar-refractivity contribution >= 4 is 61.8 Å². The molecule has 39 heavy (non-hydrogen) atoms. The van der Waals surface area contributed by atoms with Gasteiger partial charge in [-0.1, -0.05) is 42.1 Å². The number of β-lactam (4-membered cyclic amide) rings is 1. The van der Waals surface area contributed by atoms with E-state index in [1.807, 2.05) is 0 Å². The van der Waals surface area contributed by atoms with Crippen LogP contribution in [0, 0.1) is 0 Å². The van der Waals surface area contributed by atoms with Crippen LogP contribution in [0.3, 0.4) is 0 Å². The van der Waals surface area contributed by atoms with Crippen molar-refractivity contribution in [2.75, 3.05) is 11.5 Å². The van der Waals surface area contributed by atoms with Gasteiger partial charge in [-0.05, 0) is 21.6 Å². The van der Waals surface area contributed by atoms with Gasteiger partial charge in [-0.25, -0.2) is 13.7 Å². The molecule has 0 unspecified atom stereocenters. The molecule has 17 nitrogen and oxygen atoms in total. The van der Waals surface area contributed by atoms with E-state index in [1.54, 1.807) is 6.07 Å². The molecule has 2 aliphatic rings. The second-order valence-electron chi connectivity index (χ2n) is 7.93. The van der Waals surface area contributed by atoms with Crippen LogP contribution in [0.2, 0.25) is 0 Å². The van der Waals surface area contributed by atoms with Gasteiger partial charge in [0.05, 0.1) is 0 Å². The van der Waals surface area contributed by atoms with Crippen molar-refractivity contribution in [3.05, 3.63) is 47.2 Å². The number of nitrogens with zero attached hydrogens (tertiary/aromatic N) is 5. The molecule has 0 spiro atoms. The van der Waals surface area contributed by atoms with E-state index in [0.717, 1.165) is 33.1 Å². The second kappa shape index (κ2) is 11.2. The Balaban J connectivity index is 1.50. The lowest BCUT2D eigenvalue weighted by Crippen LogP contribution is -2.71. The Kier molecular flexibility index (Phi) is 8.30. The Labute approximate surface area is 228 Å². The molecule has 0 aliphatic carbocycles. The molecule has 3 atom stereocenters. The van der Waals surface area contributed by atoms with Crippen molar-refractivity contribution in [2.45, 2.75) is 28.6 Å². The summed E-state index contributed by atoms with van der Waals surface area (Å²) < 4.78 is 68.4. The molecular formula is C18H18N6O11S4. The second-order valence-corrected chi connectivity index (χ2v) is 12.4. The molecule has 4 N–H and O–H groups in total. The number of benzene rings is 1. The Bertz CT molecular complexity index is 1540. The Morgan fingerprint density at radius 2 is 1.90 bits per heavy atom. The number of hydrogen-bond acceptors (Lipinski definition) is 13. The number of carbonyl (C=O) groups is 3. The first-order valence-corrected chi connectivity index (χ1v) is 15.5. The molecule has 3 heterocycles. The third-order valence-corrected chi connectivity index (χ3v) is 8.66. The standard InChI is InChI=1S/C18H18N6O11S4/c25-14(13(35-39(32,33)34)9-4-2-1-3-5-9)19-11-15(26)24-12(17(27)28)10(6-36-16(11)24)7-37-18-20-21-22-23(18)8-38(29,30)31/h1-5,11,13,16H,6-8H2,(H,19,25)(H,27,28)(H,29,30,31)(H,32,33,34)/t11-,13-,16-/m1/s1. The summed E-state index contributed by atoms with van der Waals surface area (Å²) in [4.78, 5) is 38.9. The zero-order valence-corrected chi connectivity index (χ0v) is 22.5. The number of carboxylic acids is 1. The van der Waals surface area contributed by atoms with Crippen molar-refractivity contribution in [1.29, 1.82) is 0 Å². The summed E-state index contributed by atoms with van der Waals surface area (Å²) in [5, 5.41) is 21.7. The third kappa shape index (κ3) is 6.74. The van der Waals surface area contributed by atoms with Crippen molar-refractivity contribution in [2.24, 2.45) is 0 Å². The maximum absolute atomic E-state index is 12.9. The van der Waals surface area contributed by atoms with Crippen LogP contribution < -0.4 is 5.32 Å². The molecule has 0 bridgehead atoms. The van der Waals surface area contributed by atoms with Crippen LogP contribution >= 0.6 is 23.5 Å². The van der Waals surface area contributed by atoms with Gasteiger partial charge in [0.1, 0.15) is 17.1 Å². The molecule has 1 saturated heterocycles. The zero-order valence-electron chi connectivity index (χ0n) is 19.2. The minimum Gasteiger partial charge on any atom is -0.477 e. The van der Waals surface area contributed by atoms with Crippen LogP contribution in [0.1, 0.15) is 11.7 Å². The van der Waals surface area contributed by atoms with Crippen molar-refractivity contribution in [1.82, 2.24) is 30.4 Å². The number of hydrogen-bond donors (Lipinski definition) is 4. The maximum Gasteiger partial charge on any atom is 0.398 e. The lowest BCUT2D eigenvalue weighted by Gasteiger charge is -2.49. The van der Waals surface area contributed by atoms with Crippen LogP contribution in [0.4, 0.5) is 0 Å². The fraction of sp³-hybridized carbons (Fsp3) is 0.333. The normalized spacial score (nSPS) is 20.3. The molecular weight excluding hydrogens is 604 g/mol. The summed E-state index contributed by atoms with van der Waals surface area (Å²) in [6, 6.07) is 6.14. The van der Waals surface area contributed by atoms with Crippen LogP contribution in [0.5, 0.6) is 0 Å². The first kappa shape index (κ1) is 28.9. The highest BCUT2D eigenvalue weighted by Crippen LogP contribution is 2.41. The molecule has 2 amide bonds. The van der Waals surface area contributed by atoms with E-state index in [9.17, 15) is 36.3 Å². The average molecular weight is 623 g/mol. The Morgan fingerprint density at radius 3 is 2.51 bits per heavy atom. The number of fused-ring (bicyclic) bond motifs is 1. The van der Waals surface area contributed by atoms with Crippen LogP contribution in [-0.4, -0.2) is 96.9 Å². The number of rotatable bonds is 11. The number of tetrazole rings is 1. The molecule has 1 fully saturated rings. The predicted molar refractivity (Wildman–Crippen MR) is 132 cm³/mol. The van der Waals surface area contributed by atoms with E-state index in [1.165, 1.54) is 24.3 Å². The molecule has 2 aliphatic heterocycles. The molecule has 1 aromatic carbocycles. The molecule has 4 rings (SSSR count). The lowest BCUT2D eigenvalue weighted by atomic mass is 10.0. The third-order valence-electron chi connectivity index (χ3n) is 5.27. The SMILES string of the molecule is O=C(O)C1=C(CSc2nnnn2CS(=O)(=O)O)CS[C@@H]2[C@H](NC(=O)[C@H](OS(=O)(=O)O)c3ccccc3)C(=O)N12. The Hall–Kier alpha value is -3.08. The summed E-state index contributed by atoms with van der Waals surface area (Å²) >= 11 is 2.00. The molecule has 210 valence electrons. The van der Waals surface area contributed by atoms with Gasteiger partial charge in [0, 0.05) is 11.5 Å². The van der Waals surface area contributed by atoms with E-state index in [2.05, 4.69) is 25.0 Å². The molecule has 0 radical (unpaired) electrons. The quantitative estimate of drug-likeness (QED) is 0.132. The van der Waals surface area contributed by atoms with Crippen molar-refractivity contribution in [3.63, 3.8) is 0 Å². The van der Waals surface area contributed by atoms with Crippen molar-refractivity contribution < 1.29 is 49.6 Å². The van der Waals surface area contributed by atoms with Gasteiger partial charge in [0.15, 0.2) is 12.0 Å². The summed E-state index contributed by atoms with van der Waals surface area (Å²) in [6.45, 7) is 0. The van der Waals surface area contributed by atoms with Gasteiger partial charge < -0.3 is 10.4 Å². The highest BCUT2D eigenvalue weighted by molar-refractivity contribution is 8.01. The molecule has 2 aromatic rings. The van der Waals surface area contributed by atoms with Crippen LogP contribution in [0.25, 0.3) is 0 Å². The van der Waals surface area contributed by atoms with E-state index in [0.29, 0.717) is 0 Å². The van der Waals surface area contributed by atoms with Gasteiger partial charge in [-0.2, -0.15) is 16.8 Å². The van der Waals surface area contributed by atoms with Gasteiger partial charge >= 0.3 is 16.4 Å². The van der Waals surface area contributed by atoms with Gasteiger partial charge in [-0.15, -0.1) is 16.9 Å². The summed E-state index contributed by atoms with van der Waals surface area (Å²) in [7, 11) is -9.50. The summed E-state index contributed by atoms with van der Waals surface area (Å²) in [5.74, 6) is -4.13. The van der Waals surface area contributed by atoms with E-state index in [4.69, 9.17) is 9.11 Å². The van der Waals surface area contributed by atoms with E-state index < -0.39 is 61.7 Å². The van der Waals surface area contributed by atoms with E-state index in [-0.39, 0.29) is 33.5 Å². The number of carboxylic acid groups (broad SMARTS) is 1. The zero-order chi connectivity index (χ0) is 28.5. The van der Waals surface area contributed by atoms with Crippen LogP contribution in [-0.2, 0) is 45.0 Å². The Morgan fingerprint density at radius 1 is 1.21 bits per heavy atom. The molecule has 1 aromatic heterocycles. The molecule has 0 saturated carbocycles. The number of carbonyl (C=O) groups excluding carboxylic acids is 2. The summed E-state index contributed by atoms with van der Waals surface area (Å²) in [6.07, 6.45) is -1.81. The van der Waals surface area contributed by atoms with Gasteiger partial charge in [0.25, 0.3) is 21.9 Å². The number of thioether (sulfide) groups is 2. The largest absolute Gasteiger partial charge is 0.477 e. The average Bonchev–Trinajstić information content (AvgIpc) is 3.28. The number of aromatic nitrogens is 4. The highest BCUT2D eigenvalue weighted by atomic mass is 32.3. The first-order chi connectivity index (χ1) is 18.2. The van der Waals surface area contributed by atoms with Gasteiger partial charge in [-0.3, -0.25) is 23.6 Å². The summed E-state index contributed by atoms with van der Waals surface area (Å²) in [5.41, 5.74) is 0.0174. The lowest BCUT2D eigenvalue weighted by molar-refractivity contribution is -0.151. The topological polar surface area (TPSA) is 248 Å². The van der Waals surface area contributed by atoms with Crippen molar-refractivity contribution in [3.8, 4) is 0 Å². The fourth-order valence-corrected chi connectivity index (χ4v) is 7.08. The maximum atomic E-state index is 12.9. The monoisotopic (exact) mass is 622 g/mol. The van der Waals surface area contributed by atoms with E-state index >= 15 is 0 Å². The predicted octanol–water partition coefficient (Wildman–Crippen LogP) is -1.09.